The van der Waals surface area contributed by atoms with Gasteiger partial charge in [-0.05, 0) is 42.9 Å². The van der Waals surface area contributed by atoms with Crippen molar-refractivity contribution in [2.45, 2.75) is 52.5 Å². The Labute approximate surface area is 133 Å². The Bertz CT molecular complexity index is 431. The highest BCUT2D eigenvalue weighted by molar-refractivity contribution is 6.31. The zero-order chi connectivity index (χ0) is 15.1. The van der Waals surface area contributed by atoms with Gasteiger partial charge in [-0.3, -0.25) is 0 Å². The van der Waals surface area contributed by atoms with Gasteiger partial charge in [0.05, 0.1) is 6.61 Å². The van der Waals surface area contributed by atoms with Crippen molar-refractivity contribution in [1.82, 2.24) is 10.3 Å². The van der Waals surface area contributed by atoms with Crippen LogP contribution in [0.1, 0.15) is 51.5 Å². The van der Waals surface area contributed by atoms with Gasteiger partial charge in [0.25, 0.3) is 0 Å². The van der Waals surface area contributed by atoms with E-state index in [0.29, 0.717) is 22.7 Å². The Hall–Kier alpha value is -0.800. The van der Waals surface area contributed by atoms with E-state index >= 15 is 0 Å². The molecule has 1 saturated carbocycles. The quantitative estimate of drug-likeness (QED) is 0.808. The Balaban J connectivity index is 1.80. The molecule has 0 bridgehead atoms. The molecule has 1 aliphatic carbocycles. The van der Waals surface area contributed by atoms with Crippen molar-refractivity contribution in [2.24, 2.45) is 11.8 Å². The molecule has 1 aliphatic rings. The smallest absolute Gasteiger partial charge is 0.232 e. The van der Waals surface area contributed by atoms with Crippen LogP contribution < -0.4 is 10.1 Å². The SMILES string of the molecule is CC(C)CNCc1cnc(OCC2CCCCC2)c(Cl)c1. The zero-order valence-electron chi connectivity index (χ0n) is 13.2. The fourth-order valence-corrected chi connectivity index (χ4v) is 2.97. The number of hydrogen-bond donors (Lipinski definition) is 1. The third-order valence-electron chi connectivity index (χ3n) is 3.93. The molecule has 0 spiro atoms. The summed E-state index contributed by atoms with van der Waals surface area (Å²) in [5.41, 5.74) is 1.10. The second-order valence-electron chi connectivity index (χ2n) is 6.47. The van der Waals surface area contributed by atoms with Crippen molar-refractivity contribution in [3.05, 3.63) is 22.8 Å². The predicted molar refractivity (Wildman–Crippen MR) is 87.9 cm³/mol. The molecular formula is C17H27ClN2O. The summed E-state index contributed by atoms with van der Waals surface area (Å²) in [6, 6.07) is 1.96. The van der Waals surface area contributed by atoms with E-state index in [2.05, 4.69) is 24.1 Å². The molecule has 4 heteroatoms. The molecule has 21 heavy (non-hydrogen) atoms. The molecule has 0 aromatic carbocycles. The molecule has 0 amide bonds. The molecule has 0 radical (unpaired) electrons. The number of ether oxygens (including phenoxy) is 1. The number of nitrogens with zero attached hydrogens (tertiary/aromatic N) is 1. The van der Waals surface area contributed by atoms with E-state index in [1.165, 1.54) is 32.1 Å². The number of hydrogen-bond acceptors (Lipinski definition) is 3. The Kier molecular flexibility index (Phi) is 6.78. The van der Waals surface area contributed by atoms with Gasteiger partial charge in [-0.1, -0.05) is 44.7 Å². The van der Waals surface area contributed by atoms with Gasteiger partial charge >= 0.3 is 0 Å². The first kappa shape index (κ1) is 16.6. The van der Waals surface area contributed by atoms with E-state index in [-0.39, 0.29) is 0 Å². The summed E-state index contributed by atoms with van der Waals surface area (Å²) in [7, 11) is 0. The maximum absolute atomic E-state index is 6.27. The molecule has 0 atom stereocenters. The molecule has 0 aliphatic heterocycles. The van der Waals surface area contributed by atoms with Gasteiger partial charge < -0.3 is 10.1 Å². The van der Waals surface area contributed by atoms with Crippen LogP contribution in [0.4, 0.5) is 0 Å². The Morgan fingerprint density at radius 1 is 1.33 bits per heavy atom. The summed E-state index contributed by atoms with van der Waals surface area (Å²) < 4.78 is 5.81. The van der Waals surface area contributed by atoms with Gasteiger partial charge in [0.2, 0.25) is 5.88 Å². The monoisotopic (exact) mass is 310 g/mol. The molecule has 1 fully saturated rings. The van der Waals surface area contributed by atoms with Crippen molar-refractivity contribution in [3.8, 4) is 5.88 Å². The normalized spacial score (nSPS) is 16.4. The number of halogens is 1. The van der Waals surface area contributed by atoms with Crippen molar-refractivity contribution >= 4 is 11.6 Å². The molecule has 0 unspecified atom stereocenters. The summed E-state index contributed by atoms with van der Waals surface area (Å²) in [4.78, 5) is 4.37. The van der Waals surface area contributed by atoms with Crippen LogP contribution in [0.5, 0.6) is 5.88 Å². The Morgan fingerprint density at radius 3 is 2.76 bits per heavy atom. The summed E-state index contributed by atoms with van der Waals surface area (Å²) >= 11 is 6.27. The lowest BCUT2D eigenvalue weighted by molar-refractivity contribution is 0.203. The molecule has 1 N–H and O–H groups in total. The van der Waals surface area contributed by atoms with Crippen LogP contribution in [0.25, 0.3) is 0 Å². The third-order valence-corrected chi connectivity index (χ3v) is 4.20. The maximum atomic E-state index is 6.27. The number of rotatable bonds is 7. The fraction of sp³-hybridized carbons (Fsp3) is 0.706. The summed E-state index contributed by atoms with van der Waals surface area (Å²) in [5.74, 6) is 1.89. The van der Waals surface area contributed by atoms with Crippen LogP contribution in [-0.4, -0.2) is 18.1 Å². The minimum absolute atomic E-state index is 0.579. The zero-order valence-corrected chi connectivity index (χ0v) is 14.0. The highest BCUT2D eigenvalue weighted by Gasteiger charge is 2.15. The first-order valence-electron chi connectivity index (χ1n) is 8.13. The van der Waals surface area contributed by atoms with Crippen LogP contribution in [0.3, 0.4) is 0 Å². The largest absolute Gasteiger partial charge is 0.476 e. The van der Waals surface area contributed by atoms with E-state index in [0.717, 1.165) is 25.3 Å². The van der Waals surface area contributed by atoms with E-state index in [1.54, 1.807) is 0 Å². The van der Waals surface area contributed by atoms with Crippen LogP contribution in [0.2, 0.25) is 5.02 Å². The standard InChI is InChI=1S/C17H27ClN2O/c1-13(2)9-19-10-15-8-16(18)17(20-11-15)21-12-14-6-4-3-5-7-14/h8,11,13-14,19H,3-7,9-10,12H2,1-2H3. The summed E-state index contributed by atoms with van der Waals surface area (Å²) in [6.07, 6.45) is 8.43. The van der Waals surface area contributed by atoms with Crippen LogP contribution in [0, 0.1) is 11.8 Å². The van der Waals surface area contributed by atoms with Crippen LogP contribution >= 0.6 is 11.6 Å². The first-order chi connectivity index (χ1) is 10.1. The molecular weight excluding hydrogens is 284 g/mol. The van der Waals surface area contributed by atoms with E-state index in [1.807, 2.05) is 12.3 Å². The molecule has 3 nitrogen and oxygen atoms in total. The highest BCUT2D eigenvalue weighted by Crippen LogP contribution is 2.27. The van der Waals surface area contributed by atoms with Crippen LogP contribution in [0.15, 0.2) is 12.3 Å². The highest BCUT2D eigenvalue weighted by atomic mass is 35.5. The topological polar surface area (TPSA) is 34.2 Å². The molecule has 1 aromatic rings. The number of pyridine rings is 1. The number of aromatic nitrogens is 1. The van der Waals surface area contributed by atoms with Gasteiger partial charge in [-0.15, -0.1) is 0 Å². The van der Waals surface area contributed by atoms with Crippen molar-refractivity contribution in [3.63, 3.8) is 0 Å². The third kappa shape index (κ3) is 5.84. The predicted octanol–water partition coefficient (Wildman–Crippen LogP) is 4.44. The second kappa shape index (κ2) is 8.60. The molecule has 118 valence electrons. The minimum Gasteiger partial charge on any atom is -0.476 e. The lowest BCUT2D eigenvalue weighted by Gasteiger charge is -2.21. The number of nitrogens with one attached hydrogen (secondary N) is 1. The summed E-state index contributed by atoms with van der Waals surface area (Å²) in [6.45, 7) is 6.93. The molecule has 1 aromatic heterocycles. The molecule has 1 heterocycles. The van der Waals surface area contributed by atoms with Gasteiger partial charge in [0, 0.05) is 12.7 Å². The molecule has 0 saturated heterocycles. The van der Waals surface area contributed by atoms with E-state index in [9.17, 15) is 0 Å². The average molecular weight is 311 g/mol. The molecule has 2 rings (SSSR count). The average Bonchev–Trinajstić information content (AvgIpc) is 2.47. The maximum Gasteiger partial charge on any atom is 0.232 e. The van der Waals surface area contributed by atoms with E-state index < -0.39 is 0 Å². The van der Waals surface area contributed by atoms with Crippen molar-refractivity contribution < 1.29 is 4.74 Å². The van der Waals surface area contributed by atoms with Crippen LogP contribution in [-0.2, 0) is 6.54 Å². The summed E-state index contributed by atoms with van der Waals surface area (Å²) in [5, 5.41) is 4.01. The van der Waals surface area contributed by atoms with Gasteiger partial charge in [0.15, 0.2) is 0 Å². The van der Waals surface area contributed by atoms with Gasteiger partial charge in [-0.2, -0.15) is 0 Å². The Morgan fingerprint density at radius 2 is 2.10 bits per heavy atom. The van der Waals surface area contributed by atoms with Gasteiger partial charge in [-0.25, -0.2) is 4.98 Å². The minimum atomic E-state index is 0.579. The second-order valence-corrected chi connectivity index (χ2v) is 6.88. The van der Waals surface area contributed by atoms with Crippen molar-refractivity contribution in [1.29, 1.82) is 0 Å². The lowest BCUT2D eigenvalue weighted by Crippen LogP contribution is -2.19. The van der Waals surface area contributed by atoms with Gasteiger partial charge in [0.1, 0.15) is 5.02 Å². The van der Waals surface area contributed by atoms with E-state index in [4.69, 9.17) is 16.3 Å². The van der Waals surface area contributed by atoms with Crippen molar-refractivity contribution in [2.75, 3.05) is 13.2 Å². The fourth-order valence-electron chi connectivity index (χ4n) is 2.72. The first-order valence-corrected chi connectivity index (χ1v) is 8.51. The lowest BCUT2D eigenvalue weighted by atomic mass is 9.90.